The number of hydrogen-bond acceptors (Lipinski definition) is 4. The zero-order chi connectivity index (χ0) is 15.4. The molecule has 21 heavy (non-hydrogen) atoms. The number of ether oxygens (including phenoxy) is 1. The van der Waals surface area contributed by atoms with Crippen LogP contribution in [-0.4, -0.2) is 13.1 Å². The predicted molar refractivity (Wildman–Crippen MR) is 93.9 cm³/mol. The molecule has 2 aromatic rings. The van der Waals surface area contributed by atoms with Gasteiger partial charge in [0.1, 0.15) is 0 Å². The average molecular weight is 433 g/mol. The lowest BCUT2D eigenvalue weighted by Gasteiger charge is -2.11. The highest BCUT2D eigenvalue weighted by Crippen LogP contribution is 2.33. The number of thiophene rings is 1. The van der Waals surface area contributed by atoms with Crippen molar-refractivity contribution in [1.82, 2.24) is 0 Å². The van der Waals surface area contributed by atoms with E-state index < -0.39 is 0 Å². The lowest BCUT2D eigenvalue weighted by molar-refractivity contribution is -0.139. The molecule has 0 fully saturated rings. The Labute approximate surface area is 145 Å². The monoisotopic (exact) mass is 431 g/mol. The number of rotatable bonds is 5. The molecule has 1 aromatic carbocycles. The van der Waals surface area contributed by atoms with Crippen molar-refractivity contribution in [3.63, 3.8) is 0 Å². The summed E-state index contributed by atoms with van der Waals surface area (Å²) in [5, 5.41) is 3.41. The highest BCUT2D eigenvalue weighted by molar-refractivity contribution is 9.11. The molecular formula is C15H15Br2NO2S. The van der Waals surface area contributed by atoms with E-state index in [9.17, 15) is 4.79 Å². The highest BCUT2D eigenvalue weighted by Gasteiger charge is 2.09. The van der Waals surface area contributed by atoms with Gasteiger partial charge in [-0.1, -0.05) is 0 Å². The fourth-order valence-corrected chi connectivity index (χ4v) is 4.51. The van der Waals surface area contributed by atoms with Crippen molar-refractivity contribution < 1.29 is 9.53 Å². The Balaban J connectivity index is 2.02. The van der Waals surface area contributed by atoms with Gasteiger partial charge < -0.3 is 10.1 Å². The molecular weight excluding hydrogens is 418 g/mol. The first kappa shape index (κ1) is 16.5. The molecule has 6 heteroatoms. The molecule has 1 N–H and O–H groups in total. The minimum absolute atomic E-state index is 0.208. The Hall–Kier alpha value is -0.850. The summed E-state index contributed by atoms with van der Waals surface area (Å²) >= 11 is 8.75. The van der Waals surface area contributed by atoms with E-state index >= 15 is 0 Å². The third-order valence-corrected chi connectivity index (χ3v) is 5.23. The van der Waals surface area contributed by atoms with Crippen molar-refractivity contribution in [2.75, 3.05) is 12.4 Å². The van der Waals surface area contributed by atoms with Gasteiger partial charge >= 0.3 is 5.97 Å². The number of hydrogen-bond donors (Lipinski definition) is 1. The van der Waals surface area contributed by atoms with Crippen LogP contribution in [0.4, 0.5) is 5.69 Å². The second-order valence-electron chi connectivity index (χ2n) is 4.58. The molecule has 3 nitrogen and oxygen atoms in total. The molecule has 0 atom stereocenters. The molecule has 1 aromatic heterocycles. The van der Waals surface area contributed by atoms with Crippen molar-refractivity contribution >= 4 is 54.9 Å². The Bertz CT molecular complexity index is 632. The van der Waals surface area contributed by atoms with E-state index in [1.54, 1.807) is 11.3 Å². The molecule has 0 saturated heterocycles. The number of carbonyl (C=O) groups excluding carboxylic acids is 1. The largest absolute Gasteiger partial charge is 0.469 e. The zero-order valence-corrected chi connectivity index (χ0v) is 15.7. The van der Waals surface area contributed by atoms with Gasteiger partial charge in [-0.3, -0.25) is 4.79 Å². The molecule has 0 saturated carbocycles. The van der Waals surface area contributed by atoms with Crippen LogP contribution in [0, 0.1) is 6.92 Å². The van der Waals surface area contributed by atoms with E-state index in [0.29, 0.717) is 13.0 Å². The zero-order valence-electron chi connectivity index (χ0n) is 11.7. The number of aryl methyl sites for hydroxylation is 1. The maximum Gasteiger partial charge on any atom is 0.310 e. The number of benzene rings is 1. The number of esters is 1. The molecule has 0 radical (unpaired) electrons. The van der Waals surface area contributed by atoms with Gasteiger partial charge in [-0.2, -0.15) is 0 Å². The normalized spacial score (nSPS) is 10.5. The van der Waals surface area contributed by atoms with Gasteiger partial charge in [-0.25, -0.2) is 0 Å². The summed E-state index contributed by atoms with van der Waals surface area (Å²) in [6.45, 7) is 2.77. The smallest absolute Gasteiger partial charge is 0.310 e. The average Bonchev–Trinajstić information content (AvgIpc) is 2.85. The van der Waals surface area contributed by atoms with Crippen molar-refractivity contribution in [1.29, 1.82) is 0 Å². The maximum atomic E-state index is 11.2. The first-order valence-electron chi connectivity index (χ1n) is 6.33. The number of halogens is 2. The van der Waals surface area contributed by atoms with Crippen LogP contribution >= 0.6 is 43.2 Å². The van der Waals surface area contributed by atoms with Gasteiger partial charge in [0, 0.05) is 25.2 Å². The summed E-state index contributed by atoms with van der Waals surface area (Å²) in [5.41, 5.74) is 2.22. The highest BCUT2D eigenvalue weighted by atomic mass is 79.9. The minimum atomic E-state index is -0.208. The van der Waals surface area contributed by atoms with E-state index in [-0.39, 0.29) is 5.97 Å². The van der Waals surface area contributed by atoms with Gasteiger partial charge in [0.05, 0.1) is 19.2 Å². The topological polar surface area (TPSA) is 38.3 Å². The van der Waals surface area contributed by atoms with Crippen LogP contribution in [0.2, 0.25) is 0 Å². The van der Waals surface area contributed by atoms with Crippen molar-refractivity contribution in [2.45, 2.75) is 19.9 Å². The van der Waals surface area contributed by atoms with Gasteiger partial charge in [0.2, 0.25) is 0 Å². The quantitative estimate of drug-likeness (QED) is 0.682. The van der Waals surface area contributed by atoms with E-state index in [4.69, 9.17) is 0 Å². The van der Waals surface area contributed by atoms with Crippen LogP contribution in [-0.2, 0) is 22.5 Å². The second kappa shape index (κ2) is 7.42. The first-order chi connectivity index (χ1) is 9.99. The molecule has 0 spiro atoms. The minimum Gasteiger partial charge on any atom is -0.469 e. The lowest BCUT2D eigenvalue weighted by atomic mass is 10.2. The Morgan fingerprint density at radius 3 is 2.48 bits per heavy atom. The molecule has 0 amide bonds. The molecule has 0 aliphatic carbocycles. The molecule has 0 unspecified atom stereocenters. The summed E-state index contributed by atoms with van der Waals surface area (Å²) < 4.78 is 6.73. The number of nitrogens with one attached hydrogen (secondary N) is 1. The van der Waals surface area contributed by atoms with Crippen LogP contribution in [0.15, 0.2) is 33.2 Å². The van der Waals surface area contributed by atoms with Crippen molar-refractivity contribution in [3.8, 4) is 0 Å². The lowest BCUT2D eigenvalue weighted by Crippen LogP contribution is -2.02. The summed E-state index contributed by atoms with van der Waals surface area (Å²) in [6, 6.07) is 8.15. The van der Waals surface area contributed by atoms with Gasteiger partial charge in [-0.05, 0) is 68.6 Å². The van der Waals surface area contributed by atoms with Crippen LogP contribution in [0.1, 0.15) is 15.3 Å². The maximum absolute atomic E-state index is 11.2. The SMILES string of the molecule is COC(=O)Cc1ccc(CNc2c(Br)cc(C)cc2Br)s1. The van der Waals surface area contributed by atoms with E-state index in [1.807, 2.05) is 12.1 Å². The van der Waals surface area contributed by atoms with Crippen LogP contribution in [0.3, 0.4) is 0 Å². The summed E-state index contributed by atoms with van der Waals surface area (Å²) in [4.78, 5) is 13.4. The Morgan fingerprint density at radius 1 is 1.24 bits per heavy atom. The third-order valence-electron chi connectivity index (χ3n) is 2.89. The molecule has 0 bridgehead atoms. The first-order valence-corrected chi connectivity index (χ1v) is 8.73. The van der Waals surface area contributed by atoms with Crippen LogP contribution in [0.25, 0.3) is 0 Å². The Kier molecular flexibility index (Phi) is 5.84. The number of anilines is 1. The summed E-state index contributed by atoms with van der Waals surface area (Å²) in [5.74, 6) is -0.208. The second-order valence-corrected chi connectivity index (χ2v) is 7.54. The van der Waals surface area contributed by atoms with Crippen LogP contribution in [0.5, 0.6) is 0 Å². The fraction of sp³-hybridized carbons (Fsp3) is 0.267. The van der Waals surface area contributed by atoms with Gasteiger partial charge in [0.25, 0.3) is 0 Å². The molecule has 2 rings (SSSR count). The standard InChI is InChI=1S/C15H15Br2NO2S/c1-9-5-12(16)15(13(17)6-9)18-8-11-4-3-10(21-11)7-14(19)20-2/h3-6,18H,7-8H2,1-2H3. The Morgan fingerprint density at radius 2 is 1.86 bits per heavy atom. The van der Waals surface area contributed by atoms with E-state index in [0.717, 1.165) is 19.5 Å². The third kappa shape index (κ3) is 4.56. The van der Waals surface area contributed by atoms with E-state index in [2.05, 4.69) is 61.0 Å². The number of carbonyl (C=O) groups is 1. The summed E-state index contributed by atoms with van der Waals surface area (Å²) in [6.07, 6.45) is 0.332. The van der Waals surface area contributed by atoms with Gasteiger partial charge in [-0.15, -0.1) is 11.3 Å². The fourth-order valence-electron chi connectivity index (χ4n) is 1.87. The molecule has 112 valence electrons. The van der Waals surface area contributed by atoms with E-state index in [1.165, 1.54) is 17.6 Å². The van der Waals surface area contributed by atoms with Crippen LogP contribution < -0.4 is 5.32 Å². The van der Waals surface area contributed by atoms with Crippen molar-refractivity contribution in [2.24, 2.45) is 0 Å². The molecule has 0 aliphatic rings. The molecule has 0 aliphatic heterocycles. The molecule has 1 heterocycles. The predicted octanol–water partition coefficient (Wildman–Crippen LogP) is 4.91. The van der Waals surface area contributed by atoms with Crippen molar-refractivity contribution in [3.05, 3.63) is 48.5 Å². The summed E-state index contributed by atoms with van der Waals surface area (Å²) in [7, 11) is 1.41. The van der Waals surface area contributed by atoms with Gasteiger partial charge in [0.15, 0.2) is 0 Å². The number of methoxy groups -OCH3 is 1.